The van der Waals surface area contributed by atoms with E-state index < -0.39 is 10.0 Å². The molecule has 1 aliphatic rings. The van der Waals surface area contributed by atoms with Crippen molar-refractivity contribution in [2.45, 2.75) is 24.3 Å². The van der Waals surface area contributed by atoms with E-state index in [9.17, 15) is 8.42 Å². The first-order valence-electron chi connectivity index (χ1n) is 6.43. The van der Waals surface area contributed by atoms with Crippen molar-refractivity contribution in [3.63, 3.8) is 0 Å². The maximum absolute atomic E-state index is 12.5. The number of nitrogens with zero attached hydrogens (tertiary/aromatic N) is 1. The number of ether oxygens (including phenoxy) is 1. The predicted molar refractivity (Wildman–Crippen MR) is 74.8 cm³/mol. The van der Waals surface area contributed by atoms with Crippen molar-refractivity contribution in [3.8, 4) is 0 Å². The molecule has 1 N–H and O–H groups in total. The van der Waals surface area contributed by atoms with Gasteiger partial charge in [-0.15, -0.1) is 0 Å². The van der Waals surface area contributed by atoms with Crippen molar-refractivity contribution in [3.05, 3.63) is 24.3 Å². The molecule has 0 bridgehead atoms. The summed E-state index contributed by atoms with van der Waals surface area (Å²) in [6.45, 7) is 3.44. The van der Waals surface area contributed by atoms with Crippen molar-refractivity contribution in [1.82, 2.24) is 4.31 Å². The van der Waals surface area contributed by atoms with Crippen LogP contribution in [0.1, 0.15) is 13.3 Å². The van der Waals surface area contributed by atoms with Crippen molar-refractivity contribution in [2.75, 3.05) is 32.1 Å². The lowest BCUT2D eigenvalue weighted by Gasteiger charge is -2.21. The molecule has 1 atom stereocenters. The largest absolute Gasteiger partial charge is 0.388 e. The molecule has 0 aromatic heterocycles. The van der Waals surface area contributed by atoms with Gasteiger partial charge in [-0.1, -0.05) is 0 Å². The minimum atomic E-state index is -3.42. The molecule has 0 aliphatic carbocycles. The summed E-state index contributed by atoms with van der Waals surface area (Å²) in [5.41, 5.74) is 0.895. The quantitative estimate of drug-likeness (QED) is 0.914. The molecule has 1 saturated heterocycles. The lowest BCUT2D eigenvalue weighted by molar-refractivity contribution is 0.0752. The Morgan fingerprint density at radius 3 is 2.63 bits per heavy atom. The number of benzene rings is 1. The Labute approximate surface area is 114 Å². The highest BCUT2D eigenvalue weighted by Gasteiger charge is 2.27. The number of hydrogen-bond donors (Lipinski definition) is 1. The van der Waals surface area contributed by atoms with Crippen LogP contribution in [0.5, 0.6) is 0 Å². The predicted octanol–water partition coefficient (Wildman–Crippen LogP) is 1.53. The maximum atomic E-state index is 12.5. The molecule has 1 aliphatic heterocycles. The Morgan fingerprint density at radius 1 is 1.32 bits per heavy atom. The van der Waals surface area contributed by atoms with Gasteiger partial charge in [0.25, 0.3) is 0 Å². The third-order valence-corrected chi connectivity index (χ3v) is 5.08. The standard InChI is InChI=1S/C13H20N2O3S/c1-11-10-15(8-3-9-18-11)19(16,17)13-6-4-12(14-2)5-7-13/h4-7,11,14H,3,8-10H2,1-2H3. The summed E-state index contributed by atoms with van der Waals surface area (Å²) in [4.78, 5) is 0.334. The van der Waals surface area contributed by atoms with Gasteiger partial charge in [0, 0.05) is 32.4 Å². The summed E-state index contributed by atoms with van der Waals surface area (Å²) < 4.78 is 32.1. The van der Waals surface area contributed by atoms with Crippen LogP contribution < -0.4 is 5.32 Å². The Morgan fingerprint density at radius 2 is 2.00 bits per heavy atom. The molecule has 106 valence electrons. The Kier molecular flexibility index (Phi) is 4.44. The van der Waals surface area contributed by atoms with Gasteiger partial charge in [-0.25, -0.2) is 8.42 Å². The van der Waals surface area contributed by atoms with Crippen LogP contribution in [-0.4, -0.2) is 45.6 Å². The zero-order valence-corrected chi connectivity index (χ0v) is 12.1. The third kappa shape index (κ3) is 3.26. The Hall–Kier alpha value is -1.11. The van der Waals surface area contributed by atoms with E-state index >= 15 is 0 Å². The second kappa shape index (κ2) is 5.90. The summed E-state index contributed by atoms with van der Waals surface area (Å²) in [6.07, 6.45) is 0.673. The smallest absolute Gasteiger partial charge is 0.243 e. The van der Waals surface area contributed by atoms with Crippen molar-refractivity contribution < 1.29 is 13.2 Å². The highest BCUT2D eigenvalue weighted by atomic mass is 32.2. The van der Waals surface area contributed by atoms with Crippen molar-refractivity contribution >= 4 is 15.7 Å². The second-order valence-electron chi connectivity index (χ2n) is 4.67. The van der Waals surface area contributed by atoms with Crippen LogP contribution in [0.2, 0.25) is 0 Å². The summed E-state index contributed by atoms with van der Waals surface area (Å²) >= 11 is 0. The monoisotopic (exact) mass is 284 g/mol. The van der Waals surface area contributed by atoms with Crippen LogP contribution >= 0.6 is 0 Å². The van der Waals surface area contributed by atoms with Crippen LogP contribution in [0, 0.1) is 0 Å². The zero-order chi connectivity index (χ0) is 13.9. The number of hydrogen-bond acceptors (Lipinski definition) is 4. The van der Waals surface area contributed by atoms with Gasteiger partial charge >= 0.3 is 0 Å². The highest BCUT2D eigenvalue weighted by molar-refractivity contribution is 7.89. The van der Waals surface area contributed by atoms with Gasteiger partial charge in [0.15, 0.2) is 0 Å². The average Bonchev–Trinajstić information content (AvgIpc) is 2.64. The van der Waals surface area contributed by atoms with Gasteiger partial charge in [0.05, 0.1) is 11.0 Å². The Balaban J connectivity index is 2.24. The van der Waals surface area contributed by atoms with Gasteiger partial charge in [0.1, 0.15) is 0 Å². The van der Waals surface area contributed by atoms with Crippen molar-refractivity contribution in [1.29, 1.82) is 0 Å². The molecule has 19 heavy (non-hydrogen) atoms. The van der Waals surface area contributed by atoms with E-state index in [1.165, 1.54) is 4.31 Å². The molecular formula is C13H20N2O3S. The van der Waals surface area contributed by atoms with Crippen LogP contribution in [0.4, 0.5) is 5.69 Å². The molecule has 1 fully saturated rings. The molecule has 0 spiro atoms. The molecule has 5 nitrogen and oxygen atoms in total. The van der Waals surface area contributed by atoms with E-state index in [1.807, 2.05) is 6.92 Å². The zero-order valence-electron chi connectivity index (χ0n) is 11.3. The lowest BCUT2D eigenvalue weighted by atomic mass is 10.3. The van der Waals surface area contributed by atoms with E-state index in [0.717, 1.165) is 12.1 Å². The molecular weight excluding hydrogens is 264 g/mol. The van der Waals surface area contributed by atoms with E-state index in [2.05, 4.69) is 5.32 Å². The second-order valence-corrected chi connectivity index (χ2v) is 6.61. The van der Waals surface area contributed by atoms with Crippen molar-refractivity contribution in [2.24, 2.45) is 0 Å². The number of rotatable bonds is 3. The van der Waals surface area contributed by atoms with Gasteiger partial charge in [-0.3, -0.25) is 0 Å². The van der Waals surface area contributed by atoms with Gasteiger partial charge in [-0.05, 0) is 37.6 Å². The van der Waals surface area contributed by atoms with Crippen LogP contribution in [0.3, 0.4) is 0 Å². The SMILES string of the molecule is CNc1ccc(S(=O)(=O)N2CCCOC(C)C2)cc1. The fraction of sp³-hybridized carbons (Fsp3) is 0.538. The average molecular weight is 284 g/mol. The first-order chi connectivity index (χ1) is 9.04. The number of nitrogens with one attached hydrogen (secondary N) is 1. The molecule has 1 aromatic carbocycles. The Bertz CT molecular complexity index is 513. The molecule has 0 radical (unpaired) electrons. The minimum Gasteiger partial charge on any atom is -0.388 e. The molecule has 2 rings (SSSR count). The summed E-state index contributed by atoms with van der Waals surface area (Å²) in [7, 11) is -1.61. The maximum Gasteiger partial charge on any atom is 0.243 e. The van der Waals surface area contributed by atoms with Gasteiger partial charge < -0.3 is 10.1 Å². The molecule has 0 saturated carbocycles. The van der Waals surface area contributed by atoms with Gasteiger partial charge in [-0.2, -0.15) is 4.31 Å². The lowest BCUT2D eigenvalue weighted by Crippen LogP contribution is -2.35. The molecule has 0 amide bonds. The van der Waals surface area contributed by atoms with Crippen LogP contribution in [0.25, 0.3) is 0 Å². The topological polar surface area (TPSA) is 58.6 Å². The molecule has 1 heterocycles. The van der Waals surface area contributed by atoms with E-state index in [4.69, 9.17) is 4.74 Å². The molecule has 6 heteroatoms. The fourth-order valence-corrected chi connectivity index (χ4v) is 3.67. The first-order valence-corrected chi connectivity index (χ1v) is 7.87. The number of anilines is 1. The third-order valence-electron chi connectivity index (χ3n) is 3.20. The minimum absolute atomic E-state index is 0.0612. The summed E-state index contributed by atoms with van der Waals surface area (Å²) in [5.74, 6) is 0. The summed E-state index contributed by atoms with van der Waals surface area (Å²) in [6, 6.07) is 6.81. The van der Waals surface area contributed by atoms with Crippen LogP contribution in [-0.2, 0) is 14.8 Å². The van der Waals surface area contributed by atoms with Gasteiger partial charge in [0.2, 0.25) is 10.0 Å². The van der Waals surface area contributed by atoms with Crippen LogP contribution in [0.15, 0.2) is 29.2 Å². The molecule has 1 aromatic rings. The highest BCUT2D eigenvalue weighted by Crippen LogP contribution is 2.20. The fourth-order valence-electron chi connectivity index (χ4n) is 2.12. The molecule has 1 unspecified atom stereocenters. The van der Waals surface area contributed by atoms with E-state index in [0.29, 0.717) is 24.6 Å². The van der Waals surface area contributed by atoms with E-state index in [1.54, 1.807) is 31.3 Å². The first kappa shape index (κ1) is 14.3. The van der Waals surface area contributed by atoms with E-state index in [-0.39, 0.29) is 6.10 Å². The normalized spacial score (nSPS) is 21.9. The summed E-state index contributed by atoms with van der Waals surface area (Å²) in [5, 5.41) is 2.97. The number of sulfonamides is 1.